The van der Waals surface area contributed by atoms with Crippen LogP contribution in [0.4, 0.5) is 23.7 Å². The van der Waals surface area contributed by atoms with Crippen LogP contribution in [0.5, 0.6) is 0 Å². The highest BCUT2D eigenvalue weighted by Crippen LogP contribution is 2.29. The highest BCUT2D eigenvalue weighted by atomic mass is 19.4. The minimum absolute atomic E-state index is 0.184. The number of urea groups is 1. The molecule has 1 aromatic heterocycles. The van der Waals surface area contributed by atoms with Crippen molar-refractivity contribution in [1.29, 1.82) is 0 Å². The normalized spacial score (nSPS) is 11.3. The Morgan fingerprint density at radius 2 is 2.12 bits per heavy atom. The summed E-state index contributed by atoms with van der Waals surface area (Å²) in [5.74, 6) is 0. The minimum Gasteiger partial charge on any atom is -0.338 e. The van der Waals surface area contributed by atoms with Gasteiger partial charge in [0, 0.05) is 12.7 Å². The molecule has 2 aromatic rings. The second kappa shape index (κ2) is 7.85. The topological polar surface area (TPSA) is 59.0 Å². The van der Waals surface area contributed by atoms with Crippen molar-refractivity contribution < 1.29 is 18.0 Å². The molecule has 1 aromatic carbocycles. The third kappa shape index (κ3) is 5.29. The molecule has 24 heavy (non-hydrogen) atoms. The number of hydrogen-bond acceptors (Lipinski definition) is 2. The van der Waals surface area contributed by atoms with Crippen LogP contribution < -0.4 is 10.6 Å². The van der Waals surface area contributed by atoms with Crippen molar-refractivity contribution in [1.82, 2.24) is 15.1 Å². The van der Waals surface area contributed by atoms with Gasteiger partial charge in [-0.05, 0) is 24.1 Å². The zero-order valence-corrected chi connectivity index (χ0v) is 13.2. The minimum atomic E-state index is -4.37. The quantitative estimate of drug-likeness (QED) is 0.784. The molecule has 5 nitrogen and oxygen atoms in total. The fraction of sp³-hybridized carbons (Fsp3) is 0.375. The third-order valence-electron chi connectivity index (χ3n) is 3.31. The van der Waals surface area contributed by atoms with Gasteiger partial charge in [0.25, 0.3) is 0 Å². The highest BCUT2D eigenvalue weighted by molar-refractivity contribution is 5.88. The Hall–Kier alpha value is -2.51. The lowest BCUT2D eigenvalue weighted by Crippen LogP contribution is -2.29. The molecule has 0 aliphatic rings. The summed E-state index contributed by atoms with van der Waals surface area (Å²) < 4.78 is 39.6. The van der Waals surface area contributed by atoms with Crippen LogP contribution in [0.25, 0.3) is 0 Å². The molecule has 0 bridgehead atoms. The molecule has 8 heteroatoms. The van der Waals surface area contributed by atoms with Crippen LogP contribution in [-0.2, 0) is 12.7 Å². The van der Waals surface area contributed by atoms with Crippen molar-refractivity contribution >= 4 is 11.7 Å². The molecule has 0 radical (unpaired) electrons. The summed E-state index contributed by atoms with van der Waals surface area (Å²) in [6.45, 7) is 2.79. The van der Waals surface area contributed by atoms with Gasteiger partial charge in [0.2, 0.25) is 0 Å². The van der Waals surface area contributed by atoms with Crippen LogP contribution in [0.3, 0.4) is 0 Å². The zero-order chi connectivity index (χ0) is 17.6. The van der Waals surface area contributed by atoms with Gasteiger partial charge in [-0.25, -0.2) is 4.79 Å². The number of hydrogen-bond donors (Lipinski definition) is 2. The van der Waals surface area contributed by atoms with Gasteiger partial charge in [0.05, 0.1) is 24.0 Å². The highest BCUT2D eigenvalue weighted by Gasteiger charge is 2.30. The molecule has 2 amide bonds. The lowest BCUT2D eigenvalue weighted by molar-refractivity contribution is -0.137. The maximum absolute atomic E-state index is 12.7. The van der Waals surface area contributed by atoms with E-state index in [1.165, 1.54) is 16.9 Å². The van der Waals surface area contributed by atoms with E-state index >= 15 is 0 Å². The molecule has 0 aliphatic carbocycles. The van der Waals surface area contributed by atoms with E-state index in [0.717, 1.165) is 25.0 Å². The fourth-order valence-corrected chi connectivity index (χ4v) is 2.10. The van der Waals surface area contributed by atoms with Crippen molar-refractivity contribution in [2.75, 3.05) is 11.9 Å². The molecule has 1 heterocycles. The number of nitrogens with zero attached hydrogens (tertiary/aromatic N) is 2. The van der Waals surface area contributed by atoms with Gasteiger partial charge >= 0.3 is 12.2 Å². The molecular formula is C16H19F3N4O. The lowest BCUT2D eigenvalue weighted by Gasteiger charge is -2.08. The second-order valence-corrected chi connectivity index (χ2v) is 5.36. The predicted octanol–water partition coefficient (Wildman–Crippen LogP) is 3.87. The number of aromatic nitrogens is 2. The van der Waals surface area contributed by atoms with Gasteiger partial charge < -0.3 is 10.6 Å². The van der Waals surface area contributed by atoms with E-state index in [9.17, 15) is 18.0 Å². The van der Waals surface area contributed by atoms with Gasteiger partial charge in [0.15, 0.2) is 0 Å². The summed E-state index contributed by atoms with van der Waals surface area (Å²) in [5.41, 5.74) is 0.267. The standard InChI is InChI=1S/C16H19F3N4O/c1-2-3-7-20-15(24)22-14-9-21-23(11-14)10-12-5-4-6-13(8-12)16(17,18)19/h4-6,8-9,11H,2-3,7,10H2,1H3,(H2,20,22,24). The molecule has 2 N–H and O–H groups in total. The SMILES string of the molecule is CCCCNC(=O)Nc1cnn(Cc2cccc(C(F)(F)F)c2)c1. The number of nitrogens with one attached hydrogen (secondary N) is 2. The molecule has 2 rings (SSSR count). The van der Waals surface area contributed by atoms with Gasteiger partial charge in [-0.2, -0.15) is 18.3 Å². The molecule has 0 spiro atoms. The van der Waals surface area contributed by atoms with Crippen LogP contribution in [0.2, 0.25) is 0 Å². The first-order valence-electron chi connectivity index (χ1n) is 7.62. The smallest absolute Gasteiger partial charge is 0.338 e. The maximum atomic E-state index is 12.7. The van der Waals surface area contributed by atoms with Crippen molar-refractivity contribution in [3.05, 3.63) is 47.8 Å². The number of anilines is 1. The van der Waals surface area contributed by atoms with E-state index in [-0.39, 0.29) is 12.6 Å². The van der Waals surface area contributed by atoms with Crippen molar-refractivity contribution in [3.63, 3.8) is 0 Å². The van der Waals surface area contributed by atoms with E-state index in [1.54, 1.807) is 12.3 Å². The summed E-state index contributed by atoms with van der Waals surface area (Å²) in [5, 5.41) is 9.38. The van der Waals surface area contributed by atoms with Gasteiger partial charge in [-0.1, -0.05) is 25.5 Å². The molecule has 0 saturated heterocycles. The Bertz CT molecular complexity index is 682. The Labute approximate surface area is 137 Å². The van der Waals surface area contributed by atoms with Crippen molar-refractivity contribution in [2.45, 2.75) is 32.5 Å². The first-order chi connectivity index (χ1) is 11.4. The van der Waals surface area contributed by atoms with Crippen LogP contribution in [0, 0.1) is 0 Å². The second-order valence-electron chi connectivity index (χ2n) is 5.36. The van der Waals surface area contributed by atoms with Crippen molar-refractivity contribution in [2.24, 2.45) is 0 Å². The molecule has 0 unspecified atom stereocenters. The molecular weight excluding hydrogens is 321 g/mol. The first-order valence-corrected chi connectivity index (χ1v) is 7.62. The van der Waals surface area contributed by atoms with E-state index in [4.69, 9.17) is 0 Å². The molecule has 130 valence electrons. The van der Waals surface area contributed by atoms with Crippen LogP contribution in [0.15, 0.2) is 36.7 Å². The number of benzene rings is 1. The fourth-order valence-electron chi connectivity index (χ4n) is 2.10. The van der Waals surface area contributed by atoms with Crippen LogP contribution in [0.1, 0.15) is 30.9 Å². The summed E-state index contributed by atoms with van der Waals surface area (Å²) in [7, 11) is 0. The summed E-state index contributed by atoms with van der Waals surface area (Å²) >= 11 is 0. The van der Waals surface area contributed by atoms with Gasteiger partial charge in [-0.3, -0.25) is 4.68 Å². The molecule has 0 atom stereocenters. The van der Waals surface area contributed by atoms with Gasteiger partial charge in [0.1, 0.15) is 0 Å². The van der Waals surface area contributed by atoms with E-state index in [1.807, 2.05) is 6.92 Å². The number of carbonyl (C=O) groups is 1. The number of unbranched alkanes of at least 4 members (excludes halogenated alkanes) is 1. The number of alkyl halides is 3. The Balaban J connectivity index is 1.95. The summed E-state index contributed by atoms with van der Waals surface area (Å²) in [6, 6.07) is 4.75. The van der Waals surface area contributed by atoms with Gasteiger partial charge in [-0.15, -0.1) is 0 Å². The molecule has 0 saturated carbocycles. The monoisotopic (exact) mass is 340 g/mol. The Morgan fingerprint density at radius 1 is 1.33 bits per heavy atom. The Morgan fingerprint density at radius 3 is 2.83 bits per heavy atom. The van der Waals surface area contributed by atoms with E-state index in [0.29, 0.717) is 17.8 Å². The third-order valence-corrected chi connectivity index (χ3v) is 3.31. The van der Waals surface area contributed by atoms with Crippen LogP contribution >= 0.6 is 0 Å². The molecule has 0 aliphatic heterocycles. The van der Waals surface area contributed by atoms with E-state index < -0.39 is 11.7 Å². The van der Waals surface area contributed by atoms with Crippen molar-refractivity contribution in [3.8, 4) is 0 Å². The largest absolute Gasteiger partial charge is 0.416 e. The Kier molecular flexibility index (Phi) is 5.83. The number of carbonyl (C=O) groups excluding carboxylic acids is 1. The lowest BCUT2D eigenvalue weighted by atomic mass is 10.1. The number of rotatable bonds is 6. The zero-order valence-electron chi connectivity index (χ0n) is 13.2. The number of halogens is 3. The average molecular weight is 340 g/mol. The van der Waals surface area contributed by atoms with E-state index in [2.05, 4.69) is 15.7 Å². The number of amides is 2. The predicted molar refractivity (Wildman–Crippen MR) is 84.7 cm³/mol. The molecule has 0 fully saturated rings. The summed E-state index contributed by atoms with van der Waals surface area (Å²) in [4.78, 5) is 11.6. The summed E-state index contributed by atoms with van der Waals surface area (Å²) in [6.07, 6.45) is 0.521. The first kappa shape index (κ1) is 17.8. The average Bonchev–Trinajstić information content (AvgIpc) is 2.94. The van der Waals surface area contributed by atoms with Crippen LogP contribution in [-0.4, -0.2) is 22.4 Å². The maximum Gasteiger partial charge on any atom is 0.416 e.